The average Bonchev–Trinajstić information content (AvgIpc) is 2.94. The molecule has 0 aliphatic carbocycles. The minimum atomic E-state index is -3.51. The lowest BCUT2D eigenvalue weighted by molar-refractivity contribution is 0.141. The zero-order valence-corrected chi connectivity index (χ0v) is 22.2. The molecule has 0 saturated carbocycles. The second-order valence-electron chi connectivity index (χ2n) is 9.45. The lowest BCUT2D eigenvalue weighted by Crippen LogP contribution is -2.49. The maximum absolute atomic E-state index is 13.2. The van der Waals surface area contributed by atoms with Gasteiger partial charge in [0.05, 0.1) is 16.5 Å². The second-order valence-corrected chi connectivity index (χ2v) is 11.4. The molecular formula is C29H33N5O2S. The molecule has 0 radical (unpaired) electrons. The largest absolute Gasteiger partial charge is 0.340 e. The molecule has 1 aliphatic rings. The van der Waals surface area contributed by atoms with Crippen LogP contribution in [-0.2, 0) is 16.4 Å². The van der Waals surface area contributed by atoms with Crippen molar-refractivity contribution in [2.24, 2.45) is 0 Å². The van der Waals surface area contributed by atoms with Gasteiger partial charge in [-0.15, -0.1) is 0 Å². The molecule has 3 aromatic carbocycles. The predicted octanol–water partition coefficient (Wildman–Crippen LogP) is 5.39. The van der Waals surface area contributed by atoms with Gasteiger partial charge in [-0.1, -0.05) is 55.8 Å². The van der Waals surface area contributed by atoms with Crippen LogP contribution in [0.15, 0.2) is 83.8 Å². The number of benzene rings is 3. The number of para-hydroxylation sites is 2. The molecule has 5 rings (SSSR count). The number of sulfonamides is 1. The van der Waals surface area contributed by atoms with Crippen molar-refractivity contribution in [1.29, 1.82) is 0 Å². The fourth-order valence-electron chi connectivity index (χ4n) is 4.80. The topological polar surface area (TPSA) is 78.4 Å². The predicted molar refractivity (Wildman–Crippen MR) is 148 cm³/mol. The van der Waals surface area contributed by atoms with Gasteiger partial charge in [0.2, 0.25) is 10.0 Å². The molecule has 37 heavy (non-hydrogen) atoms. The first-order valence-electron chi connectivity index (χ1n) is 12.9. The van der Waals surface area contributed by atoms with E-state index in [0.717, 1.165) is 46.6 Å². The van der Waals surface area contributed by atoms with Crippen LogP contribution < -0.4 is 5.32 Å². The van der Waals surface area contributed by atoms with Crippen molar-refractivity contribution in [2.75, 3.05) is 31.5 Å². The number of hydrogen-bond donors (Lipinski definition) is 1. The van der Waals surface area contributed by atoms with Gasteiger partial charge in [-0.25, -0.2) is 18.4 Å². The number of aryl methyl sites for hydroxylation is 1. The van der Waals surface area contributed by atoms with E-state index in [1.165, 1.54) is 0 Å². The molecule has 1 aliphatic heterocycles. The van der Waals surface area contributed by atoms with Gasteiger partial charge in [-0.05, 0) is 55.3 Å². The Morgan fingerprint density at radius 1 is 0.865 bits per heavy atom. The van der Waals surface area contributed by atoms with Crippen LogP contribution in [0.1, 0.15) is 37.7 Å². The third-order valence-electron chi connectivity index (χ3n) is 6.95. The number of rotatable bonds is 8. The third-order valence-corrected chi connectivity index (χ3v) is 8.86. The first-order valence-corrected chi connectivity index (χ1v) is 14.3. The Morgan fingerprint density at radius 3 is 2.24 bits per heavy atom. The van der Waals surface area contributed by atoms with E-state index in [1.807, 2.05) is 66.7 Å². The van der Waals surface area contributed by atoms with Crippen LogP contribution in [0, 0.1) is 0 Å². The van der Waals surface area contributed by atoms with Gasteiger partial charge in [-0.2, -0.15) is 4.31 Å². The van der Waals surface area contributed by atoms with Crippen LogP contribution in [-0.4, -0.2) is 53.8 Å². The van der Waals surface area contributed by atoms with E-state index in [0.29, 0.717) is 31.1 Å². The van der Waals surface area contributed by atoms with Crippen molar-refractivity contribution >= 4 is 32.4 Å². The van der Waals surface area contributed by atoms with Crippen LogP contribution in [0.3, 0.4) is 0 Å². The Balaban J connectivity index is 1.32. The van der Waals surface area contributed by atoms with Gasteiger partial charge in [-0.3, -0.25) is 4.90 Å². The Morgan fingerprint density at radius 2 is 1.54 bits per heavy atom. The summed E-state index contributed by atoms with van der Waals surface area (Å²) in [7, 11) is -3.51. The number of anilines is 2. The molecule has 192 valence electrons. The minimum Gasteiger partial charge on any atom is -0.340 e. The number of fused-ring (bicyclic) bond motifs is 1. The standard InChI is InChI=1S/C29H33N5O2S/c1-3-9-23-14-16-25(17-15-23)37(35,36)34-20-18-33(19-21-34)22(2)28-31-27-13-8-7-12-26(27)29(32-28)30-24-10-5-4-6-11-24/h4-8,10-17,22H,3,9,18-21H2,1-2H3,(H,30,31,32)/t22-/m1/s1. The summed E-state index contributed by atoms with van der Waals surface area (Å²) < 4.78 is 28.1. The molecule has 4 aromatic rings. The molecule has 7 nitrogen and oxygen atoms in total. The summed E-state index contributed by atoms with van der Waals surface area (Å²) >= 11 is 0. The molecule has 0 bridgehead atoms. The first-order chi connectivity index (χ1) is 18.0. The van der Waals surface area contributed by atoms with E-state index in [2.05, 4.69) is 24.1 Å². The number of nitrogens with one attached hydrogen (secondary N) is 1. The first kappa shape index (κ1) is 25.3. The normalized spacial score (nSPS) is 16.1. The van der Waals surface area contributed by atoms with Gasteiger partial charge in [0.25, 0.3) is 0 Å². The van der Waals surface area contributed by atoms with Crippen molar-refractivity contribution in [1.82, 2.24) is 19.2 Å². The number of piperazine rings is 1. The van der Waals surface area contributed by atoms with Crippen molar-refractivity contribution in [2.45, 2.75) is 37.6 Å². The quantitative estimate of drug-likeness (QED) is 0.339. The zero-order valence-electron chi connectivity index (χ0n) is 21.3. The van der Waals surface area contributed by atoms with Crippen LogP contribution in [0.5, 0.6) is 0 Å². The van der Waals surface area contributed by atoms with E-state index < -0.39 is 10.0 Å². The summed E-state index contributed by atoms with van der Waals surface area (Å²) in [6.07, 6.45) is 1.99. The molecule has 1 N–H and O–H groups in total. The van der Waals surface area contributed by atoms with E-state index >= 15 is 0 Å². The molecular weight excluding hydrogens is 482 g/mol. The fourth-order valence-corrected chi connectivity index (χ4v) is 6.22. The van der Waals surface area contributed by atoms with E-state index in [1.54, 1.807) is 16.4 Å². The molecule has 0 unspecified atom stereocenters. The van der Waals surface area contributed by atoms with E-state index in [4.69, 9.17) is 9.97 Å². The second kappa shape index (κ2) is 11.0. The molecule has 2 heterocycles. The lowest BCUT2D eigenvalue weighted by atomic mass is 10.1. The summed E-state index contributed by atoms with van der Waals surface area (Å²) in [5.74, 6) is 1.49. The van der Waals surface area contributed by atoms with Gasteiger partial charge < -0.3 is 5.32 Å². The maximum atomic E-state index is 13.2. The Bertz CT molecular complexity index is 1450. The van der Waals surface area contributed by atoms with Gasteiger partial charge >= 0.3 is 0 Å². The van der Waals surface area contributed by atoms with Crippen molar-refractivity contribution < 1.29 is 8.42 Å². The SMILES string of the molecule is CCCc1ccc(S(=O)(=O)N2CCN([C@H](C)c3nc(Nc4ccccc4)c4ccccc4n3)CC2)cc1. The summed E-state index contributed by atoms with van der Waals surface area (Å²) in [4.78, 5) is 12.4. The van der Waals surface area contributed by atoms with Crippen molar-refractivity contribution in [3.05, 3.63) is 90.3 Å². The van der Waals surface area contributed by atoms with E-state index in [-0.39, 0.29) is 6.04 Å². The summed E-state index contributed by atoms with van der Waals surface area (Å²) in [5.41, 5.74) is 3.01. The Kier molecular flexibility index (Phi) is 7.50. The molecule has 8 heteroatoms. The molecule has 0 spiro atoms. The summed E-state index contributed by atoms with van der Waals surface area (Å²) in [6.45, 7) is 6.32. The molecule has 0 amide bonds. The lowest BCUT2D eigenvalue weighted by Gasteiger charge is -2.36. The van der Waals surface area contributed by atoms with Crippen molar-refractivity contribution in [3.63, 3.8) is 0 Å². The van der Waals surface area contributed by atoms with Crippen LogP contribution in [0.4, 0.5) is 11.5 Å². The van der Waals surface area contributed by atoms with Crippen LogP contribution in [0.2, 0.25) is 0 Å². The maximum Gasteiger partial charge on any atom is 0.243 e. The highest BCUT2D eigenvalue weighted by molar-refractivity contribution is 7.89. The van der Waals surface area contributed by atoms with Gasteiger partial charge in [0.1, 0.15) is 11.6 Å². The van der Waals surface area contributed by atoms with Gasteiger partial charge in [0.15, 0.2) is 0 Å². The molecule has 1 saturated heterocycles. The zero-order chi connectivity index (χ0) is 25.8. The molecule has 1 fully saturated rings. The smallest absolute Gasteiger partial charge is 0.243 e. The van der Waals surface area contributed by atoms with E-state index in [9.17, 15) is 8.42 Å². The summed E-state index contributed by atoms with van der Waals surface area (Å²) in [5, 5.41) is 4.41. The number of aromatic nitrogens is 2. The fraction of sp³-hybridized carbons (Fsp3) is 0.310. The minimum absolute atomic E-state index is 0.0564. The molecule has 1 aromatic heterocycles. The Labute approximate surface area is 219 Å². The highest BCUT2D eigenvalue weighted by Gasteiger charge is 2.31. The van der Waals surface area contributed by atoms with Crippen molar-refractivity contribution in [3.8, 4) is 0 Å². The summed E-state index contributed by atoms with van der Waals surface area (Å²) in [6, 6.07) is 25.2. The number of hydrogen-bond acceptors (Lipinski definition) is 6. The third kappa shape index (κ3) is 5.51. The highest BCUT2D eigenvalue weighted by Crippen LogP contribution is 2.28. The molecule has 1 atom stereocenters. The monoisotopic (exact) mass is 515 g/mol. The number of nitrogens with zero attached hydrogens (tertiary/aromatic N) is 4. The van der Waals surface area contributed by atoms with Crippen LogP contribution >= 0.6 is 0 Å². The average molecular weight is 516 g/mol. The Hall–Kier alpha value is -3.33. The van der Waals surface area contributed by atoms with Gasteiger partial charge in [0, 0.05) is 37.3 Å². The highest BCUT2D eigenvalue weighted by atomic mass is 32.2. The van der Waals surface area contributed by atoms with Crippen LogP contribution in [0.25, 0.3) is 10.9 Å².